The Kier molecular flexibility index (Phi) is 4.80. The van der Waals surface area contributed by atoms with Crippen molar-refractivity contribution in [1.82, 2.24) is 0 Å². The van der Waals surface area contributed by atoms with Crippen LogP contribution < -0.4 is 4.74 Å². The van der Waals surface area contributed by atoms with Crippen molar-refractivity contribution < 1.29 is 24.0 Å². The van der Waals surface area contributed by atoms with E-state index in [-0.39, 0.29) is 29.8 Å². The quantitative estimate of drug-likeness (QED) is 0.634. The largest absolute Gasteiger partial charge is 0.488 e. The van der Waals surface area contributed by atoms with Crippen molar-refractivity contribution in [1.29, 1.82) is 0 Å². The molecule has 0 fully saturated rings. The Labute approximate surface area is 109 Å². The minimum absolute atomic E-state index is 0.0885. The number of rotatable bonds is 6. The van der Waals surface area contributed by atoms with Crippen molar-refractivity contribution in [2.75, 3.05) is 0 Å². The molecule has 1 unspecified atom stereocenters. The monoisotopic (exact) mass is 271 g/mol. The highest BCUT2D eigenvalue weighted by Crippen LogP contribution is 2.28. The maximum Gasteiger partial charge on any atom is 0.303 e. The van der Waals surface area contributed by atoms with Crippen LogP contribution in [-0.2, 0) is 4.79 Å². The molecular formula is C12H14FNO5. The van der Waals surface area contributed by atoms with E-state index in [1.807, 2.05) is 0 Å². The number of carboxylic acid groups (broad SMARTS) is 1. The SMILES string of the molecule is Cc1cc(OC(C)CCC(=O)O)c(F)cc1[N+](=O)[O-]. The average Bonchev–Trinajstić information content (AvgIpc) is 2.30. The lowest BCUT2D eigenvalue weighted by molar-refractivity contribution is -0.385. The van der Waals surface area contributed by atoms with Gasteiger partial charge in [0.25, 0.3) is 5.69 Å². The zero-order chi connectivity index (χ0) is 14.6. The summed E-state index contributed by atoms with van der Waals surface area (Å²) in [6.45, 7) is 3.09. The van der Waals surface area contributed by atoms with Gasteiger partial charge in [-0.05, 0) is 26.3 Å². The summed E-state index contributed by atoms with van der Waals surface area (Å²) in [6, 6.07) is 2.04. The molecule has 0 saturated carbocycles. The molecule has 0 aliphatic carbocycles. The van der Waals surface area contributed by atoms with E-state index in [2.05, 4.69) is 0 Å². The predicted molar refractivity (Wildman–Crippen MR) is 64.8 cm³/mol. The second kappa shape index (κ2) is 6.12. The fraction of sp³-hybridized carbons (Fsp3) is 0.417. The number of hydrogen-bond donors (Lipinski definition) is 1. The third-order valence-corrected chi connectivity index (χ3v) is 2.54. The van der Waals surface area contributed by atoms with Gasteiger partial charge in [-0.15, -0.1) is 0 Å². The van der Waals surface area contributed by atoms with Gasteiger partial charge in [0.2, 0.25) is 0 Å². The number of aliphatic carboxylic acids is 1. The van der Waals surface area contributed by atoms with Gasteiger partial charge in [-0.3, -0.25) is 14.9 Å². The van der Waals surface area contributed by atoms with Gasteiger partial charge in [0.05, 0.1) is 17.1 Å². The highest BCUT2D eigenvalue weighted by molar-refractivity contribution is 5.66. The molecule has 0 aliphatic rings. The molecule has 0 amide bonds. The van der Waals surface area contributed by atoms with Crippen LogP contribution in [0.4, 0.5) is 10.1 Å². The Hall–Kier alpha value is -2.18. The highest BCUT2D eigenvalue weighted by Gasteiger charge is 2.18. The minimum atomic E-state index is -0.962. The maximum absolute atomic E-state index is 13.6. The number of carboxylic acids is 1. The first-order chi connectivity index (χ1) is 8.81. The number of hydrogen-bond acceptors (Lipinski definition) is 4. The summed E-state index contributed by atoms with van der Waals surface area (Å²) < 4.78 is 18.9. The van der Waals surface area contributed by atoms with Gasteiger partial charge < -0.3 is 9.84 Å². The minimum Gasteiger partial charge on any atom is -0.488 e. The van der Waals surface area contributed by atoms with Crippen LogP contribution in [0.5, 0.6) is 5.75 Å². The number of aryl methyl sites for hydroxylation is 1. The number of halogens is 1. The molecule has 0 spiro atoms. The fourth-order valence-corrected chi connectivity index (χ4v) is 1.53. The number of nitro benzene ring substituents is 1. The lowest BCUT2D eigenvalue weighted by atomic mass is 10.1. The Balaban J connectivity index is 2.82. The van der Waals surface area contributed by atoms with Gasteiger partial charge in [0, 0.05) is 12.0 Å². The lowest BCUT2D eigenvalue weighted by Gasteiger charge is -2.14. The van der Waals surface area contributed by atoms with E-state index in [4.69, 9.17) is 9.84 Å². The van der Waals surface area contributed by atoms with E-state index in [1.165, 1.54) is 13.0 Å². The molecule has 0 aromatic heterocycles. The molecule has 0 heterocycles. The lowest BCUT2D eigenvalue weighted by Crippen LogP contribution is -2.14. The maximum atomic E-state index is 13.6. The first-order valence-electron chi connectivity index (χ1n) is 5.64. The van der Waals surface area contributed by atoms with Gasteiger partial charge in [0.15, 0.2) is 11.6 Å². The molecule has 104 valence electrons. The number of carbonyl (C=O) groups is 1. The van der Waals surface area contributed by atoms with E-state index < -0.39 is 22.8 Å². The van der Waals surface area contributed by atoms with Crippen LogP contribution in [0.3, 0.4) is 0 Å². The van der Waals surface area contributed by atoms with Crippen LogP contribution in [0.25, 0.3) is 0 Å². The van der Waals surface area contributed by atoms with Gasteiger partial charge in [-0.25, -0.2) is 4.39 Å². The zero-order valence-corrected chi connectivity index (χ0v) is 10.6. The van der Waals surface area contributed by atoms with Gasteiger partial charge in [-0.2, -0.15) is 0 Å². The molecule has 6 nitrogen and oxygen atoms in total. The summed E-state index contributed by atoms with van der Waals surface area (Å²) in [5.41, 5.74) is -0.0325. The molecule has 19 heavy (non-hydrogen) atoms. The third kappa shape index (κ3) is 4.20. The molecule has 1 N–H and O–H groups in total. The summed E-state index contributed by atoms with van der Waals surface area (Å²) in [6.07, 6.45) is -0.356. The summed E-state index contributed by atoms with van der Waals surface area (Å²) in [4.78, 5) is 20.3. The molecule has 0 saturated heterocycles. The van der Waals surface area contributed by atoms with Crippen LogP contribution in [0.15, 0.2) is 12.1 Å². The van der Waals surface area contributed by atoms with E-state index in [9.17, 15) is 19.3 Å². The van der Waals surface area contributed by atoms with Crippen molar-refractivity contribution in [3.05, 3.63) is 33.6 Å². The fourth-order valence-electron chi connectivity index (χ4n) is 1.53. The number of benzene rings is 1. The zero-order valence-electron chi connectivity index (χ0n) is 10.6. The van der Waals surface area contributed by atoms with Gasteiger partial charge in [0.1, 0.15) is 0 Å². The number of nitro groups is 1. The van der Waals surface area contributed by atoms with E-state index >= 15 is 0 Å². The Morgan fingerprint density at radius 3 is 2.74 bits per heavy atom. The van der Waals surface area contributed by atoms with Crippen LogP contribution in [0.1, 0.15) is 25.3 Å². The molecule has 0 bridgehead atoms. The van der Waals surface area contributed by atoms with E-state index in [0.717, 1.165) is 6.07 Å². The van der Waals surface area contributed by atoms with Crippen molar-refractivity contribution in [2.24, 2.45) is 0 Å². The summed E-state index contributed by atoms with van der Waals surface area (Å²) in [7, 11) is 0. The van der Waals surface area contributed by atoms with Crippen molar-refractivity contribution >= 4 is 11.7 Å². The molecular weight excluding hydrogens is 257 g/mol. The van der Waals surface area contributed by atoms with Crippen LogP contribution in [-0.4, -0.2) is 22.1 Å². The van der Waals surface area contributed by atoms with Crippen LogP contribution in [0.2, 0.25) is 0 Å². The molecule has 1 aromatic carbocycles. The first kappa shape index (κ1) is 14.9. The van der Waals surface area contributed by atoms with Gasteiger partial charge in [-0.1, -0.05) is 0 Å². The smallest absolute Gasteiger partial charge is 0.303 e. The molecule has 1 rings (SSSR count). The van der Waals surface area contributed by atoms with Gasteiger partial charge >= 0.3 is 5.97 Å². The predicted octanol–water partition coefficient (Wildman–Crippen LogP) is 2.67. The second-order valence-corrected chi connectivity index (χ2v) is 4.19. The van der Waals surface area contributed by atoms with Crippen molar-refractivity contribution in [3.8, 4) is 5.75 Å². The third-order valence-electron chi connectivity index (χ3n) is 2.54. The molecule has 1 aromatic rings. The van der Waals surface area contributed by atoms with E-state index in [1.54, 1.807) is 6.92 Å². The normalized spacial score (nSPS) is 11.9. The summed E-state index contributed by atoms with van der Waals surface area (Å²) in [5.74, 6) is -1.91. The Morgan fingerprint density at radius 1 is 1.58 bits per heavy atom. The molecule has 0 aliphatic heterocycles. The molecule has 0 radical (unpaired) electrons. The van der Waals surface area contributed by atoms with Crippen LogP contribution in [0, 0.1) is 22.9 Å². The number of nitrogens with zero attached hydrogens (tertiary/aromatic N) is 1. The topological polar surface area (TPSA) is 89.7 Å². The Bertz CT molecular complexity index is 503. The Morgan fingerprint density at radius 2 is 2.21 bits per heavy atom. The van der Waals surface area contributed by atoms with Crippen LogP contribution >= 0.6 is 0 Å². The van der Waals surface area contributed by atoms with Crippen molar-refractivity contribution in [2.45, 2.75) is 32.8 Å². The summed E-state index contributed by atoms with van der Waals surface area (Å²) in [5, 5.41) is 19.1. The van der Waals surface area contributed by atoms with E-state index in [0.29, 0.717) is 0 Å². The molecule has 7 heteroatoms. The number of ether oxygens (including phenoxy) is 1. The average molecular weight is 271 g/mol. The van der Waals surface area contributed by atoms with Crippen molar-refractivity contribution in [3.63, 3.8) is 0 Å². The standard InChI is InChI=1S/C12H14FNO5/c1-7-5-11(9(13)6-10(7)14(17)18)19-8(2)3-4-12(15)16/h5-6,8H,3-4H2,1-2H3,(H,15,16). The highest BCUT2D eigenvalue weighted by atomic mass is 19.1. The summed E-state index contributed by atoms with van der Waals surface area (Å²) >= 11 is 0. The second-order valence-electron chi connectivity index (χ2n) is 4.19. The first-order valence-corrected chi connectivity index (χ1v) is 5.64. The molecule has 1 atom stereocenters.